The minimum atomic E-state index is -0.440. The highest BCUT2D eigenvalue weighted by atomic mass is 16.3. The quantitative estimate of drug-likeness (QED) is 0.667. The van der Waals surface area contributed by atoms with Gasteiger partial charge in [-0.25, -0.2) is 0 Å². The second-order valence-electron chi connectivity index (χ2n) is 6.68. The van der Waals surface area contributed by atoms with Crippen LogP contribution in [0.2, 0.25) is 0 Å². The summed E-state index contributed by atoms with van der Waals surface area (Å²) >= 11 is 0. The Morgan fingerprint density at radius 1 is 1.31 bits per heavy atom. The van der Waals surface area contributed by atoms with Gasteiger partial charge in [-0.05, 0) is 55.8 Å². The second-order valence-corrected chi connectivity index (χ2v) is 6.68. The molecular formula is C15H26O. The molecule has 1 N–H and O–H groups in total. The summed E-state index contributed by atoms with van der Waals surface area (Å²) in [6, 6.07) is 0. The van der Waals surface area contributed by atoms with Gasteiger partial charge in [-0.2, -0.15) is 0 Å². The van der Waals surface area contributed by atoms with E-state index in [0.717, 1.165) is 12.8 Å². The molecule has 0 aromatic rings. The van der Waals surface area contributed by atoms with Crippen LogP contribution in [0.25, 0.3) is 0 Å². The monoisotopic (exact) mass is 222 g/mol. The van der Waals surface area contributed by atoms with Gasteiger partial charge in [-0.15, -0.1) is 0 Å². The molecular weight excluding hydrogens is 196 g/mol. The average Bonchev–Trinajstić information content (AvgIpc) is 2.21. The summed E-state index contributed by atoms with van der Waals surface area (Å²) < 4.78 is 0. The first-order valence-corrected chi connectivity index (χ1v) is 6.77. The van der Waals surface area contributed by atoms with Crippen molar-refractivity contribution in [3.8, 4) is 0 Å². The number of allylic oxidation sites excluding steroid dienone is 1. The van der Waals surface area contributed by atoms with Crippen LogP contribution in [0.5, 0.6) is 0 Å². The van der Waals surface area contributed by atoms with E-state index in [1.54, 1.807) is 0 Å². The van der Waals surface area contributed by atoms with Crippen molar-refractivity contribution in [2.75, 3.05) is 0 Å². The van der Waals surface area contributed by atoms with Crippen molar-refractivity contribution < 1.29 is 5.11 Å². The van der Waals surface area contributed by atoms with E-state index in [4.69, 9.17) is 0 Å². The lowest BCUT2D eigenvalue weighted by Gasteiger charge is -2.52. The molecule has 0 heterocycles. The summed E-state index contributed by atoms with van der Waals surface area (Å²) in [5, 5.41) is 10.7. The van der Waals surface area contributed by atoms with Crippen LogP contribution in [0.1, 0.15) is 59.3 Å². The van der Waals surface area contributed by atoms with E-state index in [1.165, 1.54) is 31.3 Å². The fourth-order valence-corrected chi connectivity index (χ4v) is 3.73. The number of fused-ring (bicyclic) bond motifs is 1. The molecule has 0 amide bonds. The molecule has 0 unspecified atom stereocenters. The largest absolute Gasteiger partial charge is 0.390 e. The summed E-state index contributed by atoms with van der Waals surface area (Å²) in [4.78, 5) is 0. The molecule has 1 nitrogen and oxygen atoms in total. The summed E-state index contributed by atoms with van der Waals surface area (Å²) in [5.41, 5.74) is 1.38. The maximum absolute atomic E-state index is 10.7. The van der Waals surface area contributed by atoms with E-state index in [0.29, 0.717) is 17.3 Å². The van der Waals surface area contributed by atoms with Crippen LogP contribution in [0.3, 0.4) is 0 Å². The van der Waals surface area contributed by atoms with E-state index < -0.39 is 5.60 Å². The van der Waals surface area contributed by atoms with Crippen molar-refractivity contribution in [2.24, 2.45) is 17.3 Å². The Morgan fingerprint density at radius 3 is 2.62 bits per heavy atom. The molecule has 0 aliphatic heterocycles. The van der Waals surface area contributed by atoms with Gasteiger partial charge in [-0.1, -0.05) is 32.9 Å². The number of aliphatic hydroxyl groups is 1. The lowest BCUT2D eigenvalue weighted by Crippen LogP contribution is -2.48. The van der Waals surface area contributed by atoms with Crippen LogP contribution in [0.15, 0.2) is 12.2 Å². The van der Waals surface area contributed by atoms with Crippen molar-refractivity contribution in [1.82, 2.24) is 0 Å². The van der Waals surface area contributed by atoms with Gasteiger partial charge >= 0.3 is 0 Å². The Hall–Kier alpha value is -0.300. The number of hydrogen-bond acceptors (Lipinski definition) is 1. The van der Waals surface area contributed by atoms with E-state index >= 15 is 0 Å². The Bertz CT molecular complexity index is 294. The third-order valence-electron chi connectivity index (χ3n) is 5.34. The van der Waals surface area contributed by atoms with Gasteiger partial charge in [0.2, 0.25) is 0 Å². The Kier molecular flexibility index (Phi) is 2.94. The molecule has 0 saturated heterocycles. The molecule has 92 valence electrons. The van der Waals surface area contributed by atoms with Crippen molar-refractivity contribution >= 4 is 0 Å². The molecule has 1 heteroatoms. The van der Waals surface area contributed by atoms with Crippen molar-refractivity contribution in [3.63, 3.8) is 0 Å². The van der Waals surface area contributed by atoms with Gasteiger partial charge in [0.05, 0.1) is 5.60 Å². The lowest BCUT2D eigenvalue weighted by atomic mass is 9.54. The highest BCUT2D eigenvalue weighted by Crippen LogP contribution is 2.55. The second kappa shape index (κ2) is 3.87. The molecule has 2 aliphatic rings. The Balaban J connectivity index is 2.21. The first kappa shape index (κ1) is 12.2. The maximum atomic E-state index is 10.7. The predicted molar refractivity (Wildman–Crippen MR) is 68.2 cm³/mol. The van der Waals surface area contributed by atoms with Crippen LogP contribution >= 0.6 is 0 Å². The molecule has 2 rings (SSSR count). The number of hydrogen-bond donors (Lipinski definition) is 1. The van der Waals surface area contributed by atoms with Gasteiger partial charge < -0.3 is 5.11 Å². The summed E-state index contributed by atoms with van der Waals surface area (Å²) in [5.74, 6) is 0.925. The highest BCUT2D eigenvalue weighted by Gasteiger charge is 2.48. The molecule has 0 radical (unpaired) electrons. The molecule has 2 aliphatic carbocycles. The first-order chi connectivity index (χ1) is 7.37. The molecule has 2 saturated carbocycles. The zero-order valence-electron chi connectivity index (χ0n) is 11.1. The van der Waals surface area contributed by atoms with E-state index in [1.807, 2.05) is 0 Å². The molecule has 0 aromatic heterocycles. The van der Waals surface area contributed by atoms with E-state index in [-0.39, 0.29) is 0 Å². The molecule has 0 aromatic carbocycles. The minimum absolute atomic E-state index is 0.367. The zero-order valence-corrected chi connectivity index (χ0v) is 11.1. The van der Waals surface area contributed by atoms with Crippen LogP contribution in [0.4, 0.5) is 0 Å². The van der Waals surface area contributed by atoms with Crippen LogP contribution in [0, 0.1) is 17.3 Å². The van der Waals surface area contributed by atoms with Crippen molar-refractivity contribution in [3.05, 3.63) is 12.2 Å². The summed E-state index contributed by atoms with van der Waals surface area (Å²) in [7, 11) is 0. The predicted octanol–water partition coefficient (Wildman–Crippen LogP) is 3.92. The van der Waals surface area contributed by atoms with Gasteiger partial charge in [0.25, 0.3) is 0 Å². The minimum Gasteiger partial charge on any atom is -0.390 e. The Morgan fingerprint density at radius 2 is 2.00 bits per heavy atom. The third kappa shape index (κ3) is 1.84. The van der Waals surface area contributed by atoms with E-state index in [2.05, 4.69) is 27.4 Å². The number of rotatable bonds is 1. The molecule has 16 heavy (non-hydrogen) atoms. The molecule has 2 fully saturated rings. The van der Waals surface area contributed by atoms with E-state index in [9.17, 15) is 5.11 Å². The van der Waals surface area contributed by atoms with Gasteiger partial charge in [-0.3, -0.25) is 0 Å². The smallest absolute Gasteiger partial charge is 0.0676 e. The molecule has 0 bridgehead atoms. The lowest BCUT2D eigenvalue weighted by molar-refractivity contribution is -0.0915. The molecule has 0 spiro atoms. The molecule has 3 atom stereocenters. The fraction of sp³-hybridized carbons (Fsp3) is 0.867. The van der Waals surface area contributed by atoms with Gasteiger partial charge in [0.1, 0.15) is 0 Å². The first-order valence-electron chi connectivity index (χ1n) is 6.77. The fourth-order valence-electron chi connectivity index (χ4n) is 3.73. The summed E-state index contributed by atoms with van der Waals surface area (Å²) in [6.07, 6.45) is 6.89. The topological polar surface area (TPSA) is 20.2 Å². The van der Waals surface area contributed by atoms with Crippen LogP contribution in [-0.4, -0.2) is 10.7 Å². The summed E-state index contributed by atoms with van der Waals surface area (Å²) in [6.45, 7) is 11.0. The normalized spacial score (nSPS) is 44.6. The van der Waals surface area contributed by atoms with Crippen LogP contribution in [-0.2, 0) is 0 Å². The third-order valence-corrected chi connectivity index (χ3v) is 5.34. The van der Waals surface area contributed by atoms with Gasteiger partial charge in [0.15, 0.2) is 0 Å². The van der Waals surface area contributed by atoms with Crippen molar-refractivity contribution in [2.45, 2.75) is 64.9 Å². The average molecular weight is 222 g/mol. The zero-order chi connectivity index (χ0) is 12.0. The van der Waals surface area contributed by atoms with Crippen LogP contribution < -0.4 is 0 Å². The maximum Gasteiger partial charge on any atom is 0.0676 e. The SMILES string of the molecule is C=C1CCC[C@@]2(C)CC[C@@](O)(C(C)C)C[C@H]12. The van der Waals surface area contributed by atoms with Gasteiger partial charge in [0, 0.05) is 0 Å². The van der Waals surface area contributed by atoms with Crippen molar-refractivity contribution in [1.29, 1.82) is 0 Å². The highest BCUT2D eigenvalue weighted by molar-refractivity contribution is 5.14. The standard InChI is InChI=1S/C15H26O/c1-11(2)15(16)9-8-14(4)7-5-6-12(3)13(14)10-15/h11,13,16H,3,5-10H2,1-2,4H3/t13-,14+,15+/m1/s1. The Labute approximate surface area is 99.9 Å².